The van der Waals surface area contributed by atoms with E-state index in [1.54, 1.807) is 17.2 Å². The third kappa shape index (κ3) is 5.29. The number of nitrogens with zero attached hydrogens (tertiary/aromatic N) is 5. The Bertz CT molecular complexity index is 1420. The zero-order valence-corrected chi connectivity index (χ0v) is 23.5. The summed E-state index contributed by atoms with van der Waals surface area (Å²) in [6.07, 6.45) is 1.91. The number of carbonyl (C=O) groups excluding carboxylic acids is 1. The van der Waals surface area contributed by atoms with E-state index in [1.165, 1.54) is 6.07 Å². The number of benzene rings is 2. The number of piperazine rings is 1. The van der Waals surface area contributed by atoms with Crippen LogP contribution in [0.1, 0.15) is 32.0 Å². The van der Waals surface area contributed by atoms with Crippen molar-refractivity contribution in [3.63, 3.8) is 0 Å². The van der Waals surface area contributed by atoms with Gasteiger partial charge < -0.3 is 19.4 Å². The highest BCUT2D eigenvalue weighted by Crippen LogP contribution is 2.37. The zero-order chi connectivity index (χ0) is 27.2. The summed E-state index contributed by atoms with van der Waals surface area (Å²) in [6, 6.07) is 8.90. The van der Waals surface area contributed by atoms with Crippen LogP contribution in [-0.4, -0.2) is 69.8 Å². The molecule has 3 heterocycles. The molecule has 1 aromatic heterocycles. The number of rotatable bonds is 3. The molecule has 0 bridgehead atoms. The van der Waals surface area contributed by atoms with Crippen LogP contribution in [0.15, 0.2) is 35.5 Å². The Kier molecular flexibility index (Phi) is 7.21. The number of fused-ring (bicyclic) bond motifs is 2. The van der Waals surface area contributed by atoms with Crippen LogP contribution >= 0.6 is 11.6 Å². The lowest BCUT2D eigenvalue weighted by Gasteiger charge is -2.38. The monoisotopic (exact) mass is 559 g/mol. The molecule has 1 fully saturated rings. The van der Waals surface area contributed by atoms with Crippen LogP contribution in [0, 0.1) is 5.82 Å². The van der Waals surface area contributed by atoms with Crippen LogP contribution in [0.4, 0.5) is 20.7 Å². The van der Waals surface area contributed by atoms with E-state index in [1.807, 2.05) is 39.0 Å². The summed E-state index contributed by atoms with van der Waals surface area (Å²) < 4.78 is 32.3. The summed E-state index contributed by atoms with van der Waals surface area (Å²) in [5.41, 5.74) is 2.10. The SMILES string of the molecule is CS(=O)c1nc2c(c(N3CCN(C(=O)OC(C)(C)C)CC3)n1)CCN(c1cccc3ccc(F)c(Cl)c13)C2. The second-order valence-corrected chi connectivity index (χ2v) is 12.2. The molecule has 5 rings (SSSR count). The Morgan fingerprint density at radius 3 is 2.47 bits per heavy atom. The number of amides is 1. The Morgan fingerprint density at radius 2 is 1.79 bits per heavy atom. The zero-order valence-electron chi connectivity index (χ0n) is 22.0. The summed E-state index contributed by atoms with van der Waals surface area (Å²) in [5.74, 6) is 0.313. The van der Waals surface area contributed by atoms with Gasteiger partial charge in [0, 0.05) is 55.6 Å². The van der Waals surface area contributed by atoms with E-state index in [2.05, 4.69) is 14.8 Å². The molecule has 0 N–H and O–H groups in total. The van der Waals surface area contributed by atoms with Crippen LogP contribution in [0.2, 0.25) is 5.02 Å². The molecular formula is C27H31ClFN5O3S. The highest BCUT2D eigenvalue weighted by molar-refractivity contribution is 7.84. The number of hydrogen-bond donors (Lipinski definition) is 0. The molecule has 1 unspecified atom stereocenters. The van der Waals surface area contributed by atoms with E-state index in [4.69, 9.17) is 21.3 Å². The van der Waals surface area contributed by atoms with Gasteiger partial charge in [0.05, 0.1) is 28.1 Å². The molecular weight excluding hydrogens is 529 g/mol. The van der Waals surface area contributed by atoms with Crippen LogP contribution in [0.25, 0.3) is 10.8 Å². The van der Waals surface area contributed by atoms with Crippen molar-refractivity contribution in [1.82, 2.24) is 14.9 Å². The third-order valence-corrected chi connectivity index (χ3v) is 7.83. The molecule has 0 radical (unpaired) electrons. The van der Waals surface area contributed by atoms with Crippen molar-refractivity contribution >= 4 is 50.8 Å². The molecule has 0 aliphatic carbocycles. The van der Waals surface area contributed by atoms with Gasteiger partial charge >= 0.3 is 6.09 Å². The minimum absolute atomic E-state index is 0.102. The molecule has 2 aliphatic heterocycles. The molecule has 8 nitrogen and oxygen atoms in total. The second kappa shape index (κ2) is 10.3. The Morgan fingerprint density at radius 1 is 1.05 bits per heavy atom. The van der Waals surface area contributed by atoms with Crippen molar-refractivity contribution in [2.45, 2.75) is 44.5 Å². The first-order chi connectivity index (χ1) is 18.0. The smallest absolute Gasteiger partial charge is 0.410 e. The number of ether oxygens (including phenoxy) is 1. The maximum absolute atomic E-state index is 14.4. The molecule has 0 saturated carbocycles. The van der Waals surface area contributed by atoms with Crippen LogP contribution in [0.5, 0.6) is 0 Å². The molecule has 38 heavy (non-hydrogen) atoms. The number of hydrogen-bond acceptors (Lipinski definition) is 7. The van der Waals surface area contributed by atoms with E-state index in [9.17, 15) is 13.4 Å². The largest absolute Gasteiger partial charge is 0.444 e. The first-order valence-electron chi connectivity index (χ1n) is 12.6. The predicted octanol–water partition coefficient (Wildman–Crippen LogP) is 4.78. The normalized spacial score (nSPS) is 16.9. The van der Waals surface area contributed by atoms with Crippen molar-refractivity contribution in [2.24, 2.45) is 0 Å². The average molecular weight is 560 g/mol. The summed E-state index contributed by atoms with van der Waals surface area (Å²) in [7, 11) is -1.37. The standard InChI is InChI=1S/C27H31ClFN5O3S/c1-27(2,3)37-26(35)33-14-12-32(13-15-33)24-18-10-11-34(16-20(18)30-25(31-24)38(4)36)21-7-5-6-17-8-9-19(29)23(28)22(17)21/h5-9H,10-16H2,1-4H3. The summed E-state index contributed by atoms with van der Waals surface area (Å²) >= 11 is 6.40. The Balaban J connectivity index is 1.43. The number of halogens is 2. The maximum Gasteiger partial charge on any atom is 0.410 e. The van der Waals surface area contributed by atoms with Gasteiger partial charge in [0.2, 0.25) is 5.16 Å². The van der Waals surface area contributed by atoms with E-state index < -0.39 is 22.2 Å². The van der Waals surface area contributed by atoms with Gasteiger partial charge in [0.1, 0.15) is 17.2 Å². The number of aromatic nitrogens is 2. The van der Waals surface area contributed by atoms with Gasteiger partial charge in [-0.05, 0) is 44.7 Å². The first kappa shape index (κ1) is 26.6. The maximum atomic E-state index is 14.4. The lowest BCUT2D eigenvalue weighted by atomic mass is 10.0. The summed E-state index contributed by atoms with van der Waals surface area (Å²) in [5, 5.41) is 1.91. The average Bonchev–Trinajstić information content (AvgIpc) is 2.88. The van der Waals surface area contributed by atoms with Gasteiger partial charge in [-0.3, -0.25) is 4.21 Å². The van der Waals surface area contributed by atoms with E-state index >= 15 is 0 Å². The number of carbonyl (C=O) groups is 1. The van der Waals surface area contributed by atoms with Gasteiger partial charge in [0.15, 0.2) is 0 Å². The molecule has 1 saturated heterocycles. The van der Waals surface area contributed by atoms with Crippen molar-refractivity contribution in [1.29, 1.82) is 0 Å². The van der Waals surface area contributed by atoms with E-state index in [0.717, 1.165) is 28.1 Å². The van der Waals surface area contributed by atoms with Crippen LogP contribution < -0.4 is 9.80 Å². The Labute approximate surface area is 229 Å². The predicted molar refractivity (Wildman–Crippen MR) is 148 cm³/mol. The van der Waals surface area contributed by atoms with Crippen molar-refractivity contribution in [2.75, 3.05) is 48.8 Å². The fourth-order valence-corrected chi connectivity index (χ4v) is 5.69. The van der Waals surface area contributed by atoms with Crippen molar-refractivity contribution in [3.8, 4) is 0 Å². The lowest BCUT2D eigenvalue weighted by molar-refractivity contribution is 0.0240. The third-order valence-electron chi connectivity index (χ3n) is 6.76. The van der Waals surface area contributed by atoms with E-state index in [0.29, 0.717) is 51.1 Å². The minimum Gasteiger partial charge on any atom is -0.444 e. The molecule has 202 valence electrons. The topological polar surface area (TPSA) is 78.9 Å². The van der Waals surface area contributed by atoms with E-state index in [-0.39, 0.29) is 16.3 Å². The molecule has 2 aromatic carbocycles. The van der Waals surface area contributed by atoms with Crippen molar-refractivity contribution < 1.29 is 18.1 Å². The van der Waals surface area contributed by atoms with Gasteiger partial charge in [-0.25, -0.2) is 19.2 Å². The Hall–Kier alpha value is -2.98. The first-order valence-corrected chi connectivity index (χ1v) is 14.5. The molecule has 11 heteroatoms. The lowest BCUT2D eigenvalue weighted by Crippen LogP contribution is -2.50. The molecule has 1 atom stereocenters. The van der Waals surface area contributed by atoms with Crippen molar-refractivity contribution in [3.05, 3.63) is 52.4 Å². The summed E-state index contributed by atoms with van der Waals surface area (Å²) in [4.78, 5) is 27.9. The van der Waals surface area contributed by atoms with Gasteiger partial charge in [-0.2, -0.15) is 0 Å². The molecule has 2 aliphatic rings. The molecule has 1 amide bonds. The van der Waals surface area contributed by atoms with Gasteiger partial charge in [-0.15, -0.1) is 0 Å². The molecule has 0 spiro atoms. The van der Waals surface area contributed by atoms with Gasteiger partial charge in [-0.1, -0.05) is 29.8 Å². The highest BCUT2D eigenvalue weighted by Gasteiger charge is 2.31. The quantitative estimate of drug-likeness (QED) is 0.427. The van der Waals surface area contributed by atoms with Gasteiger partial charge in [0.25, 0.3) is 0 Å². The molecule has 3 aromatic rings. The second-order valence-electron chi connectivity index (χ2n) is 10.6. The summed E-state index contributed by atoms with van der Waals surface area (Å²) in [6.45, 7) is 8.86. The highest BCUT2D eigenvalue weighted by atomic mass is 35.5. The number of anilines is 2. The minimum atomic E-state index is -1.37. The fraction of sp³-hybridized carbons (Fsp3) is 0.444. The fourth-order valence-electron chi connectivity index (χ4n) is 4.97. The van der Waals surface area contributed by atoms with Crippen LogP contribution in [-0.2, 0) is 28.5 Å². The van der Waals surface area contributed by atoms with Crippen LogP contribution in [0.3, 0.4) is 0 Å².